The van der Waals surface area contributed by atoms with Gasteiger partial charge in [0.05, 0.1) is 5.69 Å². The van der Waals surface area contributed by atoms with Crippen molar-refractivity contribution in [1.29, 1.82) is 0 Å². The molecule has 4 N–H and O–H groups in total. The number of rotatable bonds is 5. The summed E-state index contributed by atoms with van der Waals surface area (Å²) in [6.45, 7) is 0.978. The molecule has 0 aliphatic heterocycles. The van der Waals surface area contributed by atoms with Crippen LogP contribution in [-0.4, -0.2) is 21.0 Å². The fourth-order valence-electron chi connectivity index (χ4n) is 1.74. The van der Waals surface area contributed by atoms with Gasteiger partial charge in [-0.25, -0.2) is 14.4 Å². The second-order valence-electron chi connectivity index (χ2n) is 4.09. The van der Waals surface area contributed by atoms with E-state index in [0.29, 0.717) is 18.7 Å². The van der Waals surface area contributed by atoms with E-state index in [9.17, 15) is 4.39 Å². The number of nitrogens with two attached hydrogens (primary N) is 1. The molecule has 0 saturated carbocycles. The van der Waals surface area contributed by atoms with Crippen LogP contribution < -0.4 is 11.1 Å². The van der Waals surface area contributed by atoms with E-state index in [1.165, 1.54) is 18.5 Å². The van der Waals surface area contributed by atoms with Gasteiger partial charge in [-0.15, -0.1) is 0 Å². The van der Waals surface area contributed by atoms with E-state index in [2.05, 4.69) is 20.4 Å². The molecule has 0 amide bonds. The van der Waals surface area contributed by atoms with Gasteiger partial charge in [-0.05, 0) is 23.8 Å². The third kappa shape index (κ3) is 3.48. The van der Waals surface area contributed by atoms with Crippen molar-refractivity contribution >= 4 is 5.84 Å². The number of hydrogen-bond acceptors (Lipinski definition) is 5. The maximum absolute atomic E-state index is 13.2. The highest BCUT2D eigenvalue weighted by Gasteiger charge is 2.08. The number of hydrogen-bond donors (Lipinski definition) is 3. The van der Waals surface area contributed by atoms with Crippen LogP contribution in [0.25, 0.3) is 0 Å². The standard InChI is InChI=1S/C13H14FN5O/c14-10-2-1-9(12(5-10)13(15)19-20)6-17-7-11-3-4-16-8-18-11/h1-5,8,17,20H,6-7H2,(H2,15,19). The van der Waals surface area contributed by atoms with Gasteiger partial charge in [0, 0.05) is 24.8 Å². The highest BCUT2D eigenvalue weighted by molar-refractivity contribution is 5.98. The molecule has 1 aromatic carbocycles. The average molecular weight is 275 g/mol. The van der Waals surface area contributed by atoms with Gasteiger partial charge in [0.2, 0.25) is 0 Å². The molecule has 1 aromatic heterocycles. The van der Waals surface area contributed by atoms with Gasteiger partial charge in [0.1, 0.15) is 12.1 Å². The number of nitrogens with zero attached hydrogens (tertiary/aromatic N) is 3. The Labute approximate surface area is 115 Å². The predicted molar refractivity (Wildman–Crippen MR) is 71.5 cm³/mol. The lowest BCUT2D eigenvalue weighted by Gasteiger charge is -2.09. The van der Waals surface area contributed by atoms with Gasteiger partial charge in [-0.2, -0.15) is 0 Å². The Morgan fingerprint density at radius 3 is 2.90 bits per heavy atom. The molecule has 0 spiro atoms. The lowest BCUT2D eigenvalue weighted by atomic mass is 10.1. The predicted octanol–water partition coefficient (Wildman–Crippen LogP) is 1.00. The molecule has 0 aliphatic rings. The molecule has 1 heterocycles. The molecular formula is C13H14FN5O. The van der Waals surface area contributed by atoms with Crippen LogP contribution in [0, 0.1) is 5.82 Å². The Morgan fingerprint density at radius 1 is 1.35 bits per heavy atom. The molecule has 0 aliphatic carbocycles. The first-order chi connectivity index (χ1) is 9.70. The van der Waals surface area contributed by atoms with Crippen LogP contribution in [-0.2, 0) is 13.1 Å². The molecule has 0 fully saturated rings. The summed E-state index contributed by atoms with van der Waals surface area (Å²) >= 11 is 0. The summed E-state index contributed by atoms with van der Waals surface area (Å²) < 4.78 is 13.2. The molecule has 0 saturated heterocycles. The van der Waals surface area contributed by atoms with Crippen molar-refractivity contribution in [3.63, 3.8) is 0 Å². The Balaban J connectivity index is 2.06. The fourth-order valence-corrected chi connectivity index (χ4v) is 1.74. The van der Waals surface area contributed by atoms with Crippen LogP contribution in [0.15, 0.2) is 41.9 Å². The van der Waals surface area contributed by atoms with Crippen LogP contribution in [0.1, 0.15) is 16.8 Å². The van der Waals surface area contributed by atoms with Crippen molar-refractivity contribution < 1.29 is 9.60 Å². The minimum absolute atomic E-state index is 0.122. The molecule has 104 valence electrons. The first kappa shape index (κ1) is 13.9. The lowest BCUT2D eigenvalue weighted by molar-refractivity contribution is 0.318. The number of nitrogens with one attached hydrogen (secondary N) is 1. The highest BCUT2D eigenvalue weighted by atomic mass is 19.1. The maximum Gasteiger partial charge on any atom is 0.170 e. The van der Waals surface area contributed by atoms with E-state index in [4.69, 9.17) is 10.9 Å². The topological polar surface area (TPSA) is 96.4 Å². The molecule has 7 heteroatoms. The second kappa shape index (κ2) is 6.58. The molecule has 2 aromatic rings. The Hall–Kier alpha value is -2.54. The summed E-state index contributed by atoms with van der Waals surface area (Å²) in [6.07, 6.45) is 3.13. The van der Waals surface area contributed by atoms with Crippen LogP contribution in [0.4, 0.5) is 4.39 Å². The normalized spacial score (nSPS) is 11.6. The van der Waals surface area contributed by atoms with E-state index in [1.807, 2.05) is 0 Å². The second-order valence-corrected chi connectivity index (χ2v) is 4.09. The van der Waals surface area contributed by atoms with Gasteiger partial charge in [-0.1, -0.05) is 11.2 Å². The Bertz CT molecular complexity index is 603. The van der Waals surface area contributed by atoms with E-state index >= 15 is 0 Å². The van der Waals surface area contributed by atoms with Crippen molar-refractivity contribution in [3.8, 4) is 0 Å². The molecule has 0 atom stereocenters. The van der Waals surface area contributed by atoms with Crippen LogP contribution in [0.2, 0.25) is 0 Å². The monoisotopic (exact) mass is 275 g/mol. The highest BCUT2D eigenvalue weighted by Crippen LogP contribution is 2.11. The van der Waals surface area contributed by atoms with Gasteiger partial charge >= 0.3 is 0 Å². The van der Waals surface area contributed by atoms with E-state index in [1.54, 1.807) is 18.3 Å². The van der Waals surface area contributed by atoms with E-state index in [0.717, 1.165) is 11.3 Å². The van der Waals surface area contributed by atoms with Crippen molar-refractivity contribution in [2.45, 2.75) is 13.1 Å². The molecule has 0 unspecified atom stereocenters. The molecular weight excluding hydrogens is 261 g/mol. The summed E-state index contributed by atoms with van der Waals surface area (Å²) in [5, 5.41) is 14.8. The molecule has 2 rings (SSSR count). The number of benzene rings is 1. The summed E-state index contributed by atoms with van der Waals surface area (Å²) in [5.41, 5.74) is 7.47. The zero-order chi connectivity index (χ0) is 14.4. The number of amidine groups is 1. The maximum atomic E-state index is 13.2. The quantitative estimate of drug-likeness (QED) is 0.327. The van der Waals surface area contributed by atoms with E-state index < -0.39 is 5.82 Å². The van der Waals surface area contributed by atoms with Crippen LogP contribution in [0.3, 0.4) is 0 Å². The first-order valence-corrected chi connectivity index (χ1v) is 5.92. The van der Waals surface area contributed by atoms with Gasteiger partial charge in [0.15, 0.2) is 5.84 Å². The zero-order valence-corrected chi connectivity index (χ0v) is 10.6. The minimum Gasteiger partial charge on any atom is -0.409 e. The third-order valence-electron chi connectivity index (χ3n) is 2.72. The molecule has 0 bridgehead atoms. The largest absolute Gasteiger partial charge is 0.409 e. The fraction of sp³-hybridized carbons (Fsp3) is 0.154. The third-order valence-corrected chi connectivity index (χ3v) is 2.72. The Morgan fingerprint density at radius 2 is 2.20 bits per heavy atom. The van der Waals surface area contributed by atoms with Gasteiger partial charge in [-0.3, -0.25) is 0 Å². The smallest absolute Gasteiger partial charge is 0.170 e. The lowest BCUT2D eigenvalue weighted by Crippen LogP contribution is -2.20. The number of oxime groups is 1. The summed E-state index contributed by atoms with van der Waals surface area (Å²) in [6, 6.07) is 5.95. The van der Waals surface area contributed by atoms with Crippen molar-refractivity contribution in [2.75, 3.05) is 0 Å². The molecule has 20 heavy (non-hydrogen) atoms. The van der Waals surface area contributed by atoms with Gasteiger partial charge < -0.3 is 16.3 Å². The van der Waals surface area contributed by atoms with Crippen LogP contribution >= 0.6 is 0 Å². The zero-order valence-electron chi connectivity index (χ0n) is 10.6. The van der Waals surface area contributed by atoms with Crippen molar-refractivity contribution in [1.82, 2.24) is 15.3 Å². The van der Waals surface area contributed by atoms with Crippen molar-refractivity contribution in [3.05, 3.63) is 59.4 Å². The SMILES string of the molecule is N/C(=N/O)c1cc(F)ccc1CNCc1ccncn1. The summed E-state index contributed by atoms with van der Waals surface area (Å²) in [5.74, 6) is -0.561. The van der Waals surface area contributed by atoms with Crippen LogP contribution in [0.5, 0.6) is 0 Å². The minimum atomic E-state index is -0.439. The van der Waals surface area contributed by atoms with E-state index in [-0.39, 0.29) is 5.84 Å². The average Bonchev–Trinajstić information content (AvgIpc) is 2.49. The number of halogens is 1. The van der Waals surface area contributed by atoms with Gasteiger partial charge in [0.25, 0.3) is 0 Å². The molecule has 6 nitrogen and oxygen atoms in total. The molecule has 0 radical (unpaired) electrons. The first-order valence-electron chi connectivity index (χ1n) is 5.92. The van der Waals surface area contributed by atoms with Crippen molar-refractivity contribution in [2.24, 2.45) is 10.9 Å². The summed E-state index contributed by atoms with van der Waals surface area (Å²) in [4.78, 5) is 7.90. The Kier molecular flexibility index (Phi) is 4.56. The summed E-state index contributed by atoms with van der Waals surface area (Å²) in [7, 11) is 0. The number of aromatic nitrogens is 2.